The molecule has 3 rings (SSSR count). The van der Waals surface area contributed by atoms with Gasteiger partial charge in [-0.2, -0.15) is 4.98 Å². The molecule has 1 aliphatic heterocycles. The fraction of sp³-hybridized carbons (Fsp3) is 0.455. The first-order valence-corrected chi connectivity index (χ1v) is 10.1. The summed E-state index contributed by atoms with van der Waals surface area (Å²) in [6, 6.07) is 0. The lowest BCUT2D eigenvalue weighted by molar-refractivity contribution is -0.0375. The number of nitrogens with zero attached hydrogens (tertiary/aromatic N) is 2. The molecule has 1 aromatic carbocycles. The standard InChI is InChI=1S/C22H27N3O4S/c1-11-12(2)14(4)17(15(5)13(11)3)7-6-16-9-25(22(27)24-21(16)23)20-8-18(26)19(29-20)10-28-30/h9,18-20,26,30H,8,10H2,1-5H3,(H2,23,24,27)/t18-,19?,20?/m1/s1. The fourth-order valence-electron chi connectivity index (χ4n) is 3.71. The number of aliphatic hydroxyl groups excluding tert-OH is 1. The third kappa shape index (κ3) is 4.12. The van der Waals surface area contributed by atoms with Gasteiger partial charge < -0.3 is 19.8 Å². The Bertz CT molecular complexity index is 1070. The van der Waals surface area contributed by atoms with Crippen molar-refractivity contribution in [3.8, 4) is 11.8 Å². The number of hydrogen-bond donors (Lipinski definition) is 3. The van der Waals surface area contributed by atoms with Crippen LogP contribution in [0, 0.1) is 46.5 Å². The van der Waals surface area contributed by atoms with Gasteiger partial charge in [0.1, 0.15) is 18.1 Å². The molecule has 7 nitrogen and oxygen atoms in total. The van der Waals surface area contributed by atoms with Crippen molar-refractivity contribution >= 4 is 18.7 Å². The van der Waals surface area contributed by atoms with E-state index in [1.54, 1.807) is 0 Å². The van der Waals surface area contributed by atoms with Crippen molar-refractivity contribution in [2.24, 2.45) is 0 Å². The molecule has 8 heteroatoms. The zero-order valence-corrected chi connectivity index (χ0v) is 18.7. The number of benzene rings is 1. The van der Waals surface area contributed by atoms with E-state index in [1.165, 1.54) is 27.5 Å². The summed E-state index contributed by atoms with van der Waals surface area (Å²) < 4.78 is 11.8. The van der Waals surface area contributed by atoms with Crippen molar-refractivity contribution in [1.29, 1.82) is 0 Å². The van der Waals surface area contributed by atoms with E-state index in [1.807, 2.05) is 0 Å². The molecule has 30 heavy (non-hydrogen) atoms. The number of anilines is 1. The van der Waals surface area contributed by atoms with Gasteiger partial charge in [-0.25, -0.2) is 4.79 Å². The maximum atomic E-state index is 12.4. The number of nitrogen functional groups attached to an aromatic ring is 1. The highest BCUT2D eigenvalue weighted by atomic mass is 32.1. The molecule has 0 amide bonds. The molecule has 0 bridgehead atoms. The van der Waals surface area contributed by atoms with Crippen LogP contribution in [0.15, 0.2) is 11.0 Å². The predicted molar refractivity (Wildman–Crippen MR) is 118 cm³/mol. The predicted octanol–water partition coefficient (Wildman–Crippen LogP) is 2.28. The Morgan fingerprint density at radius 3 is 2.40 bits per heavy atom. The number of thiol groups is 1. The van der Waals surface area contributed by atoms with Crippen LogP contribution in [0.2, 0.25) is 0 Å². The van der Waals surface area contributed by atoms with Crippen LogP contribution < -0.4 is 11.4 Å². The van der Waals surface area contributed by atoms with E-state index in [9.17, 15) is 9.90 Å². The van der Waals surface area contributed by atoms with Crippen molar-refractivity contribution in [1.82, 2.24) is 9.55 Å². The van der Waals surface area contributed by atoms with Crippen molar-refractivity contribution in [2.75, 3.05) is 12.3 Å². The number of ether oxygens (including phenoxy) is 1. The van der Waals surface area contributed by atoms with E-state index in [-0.39, 0.29) is 18.8 Å². The minimum atomic E-state index is -0.773. The average molecular weight is 430 g/mol. The molecule has 2 unspecified atom stereocenters. The zero-order valence-electron chi connectivity index (χ0n) is 17.8. The van der Waals surface area contributed by atoms with Crippen LogP contribution >= 0.6 is 12.9 Å². The second kappa shape index (κ2) is 8.82. The van der Waals surface area contributed by atoms with E-state index >= 15 is 0 Å². The number of nitrogens with two attached hydrogens (primary N) is 1. The number of aliphatic hydroxyl groups is 1. The molecule has 0 spiro atoms. The first-order valence-electron chi connectivity index (χ1n) is 9.73. The normalized spacial score (nSPS) is 20.8. The summed E-state index contributed by atoms with van der Waals surface area (Å²) in [6.45, 7) is 10.5. The lowest BCUT2D eigenvalue weighted by Crippen LogP contribution is -2.29. The van der Waals surface area contributed by atoms with Crippen molar-refractivity contribution in [2.45, 2.75) is 59.5 Å². The summed E-state index contributed by atoms with van der Waals surface area (Å²) in [5.74, 6) is 6.35. The van der Waals surface area contributed by atoms with Gasteiger partial charge >= 0.3 is 5.69 Å². The summed E-state index contributed by atoms with van der Waals surface area (Å²) >= 11 is 3.70. The van der Waals surface area contributed by atoms with Crippen molar-refractivity contribution < 1.29 is 14.0 Å². The summed E-state index contributed by atoms with van der Waals surface area (Å²) in [5.41, 5.74) is 12.7. The summed E-state index contributed by atoms with van der Waals surface area (Å²) in [6.07, 6.45) is -0.256. The van der Waals surface area contributed by atoms with E-state index in [2.05, 4.69) is 64.4 Å². The van der Waals surface area contributed by atoms with Gasteiger partial charge in [0.05, 0.1) is 18.3 Å². The minimum Gasteiger partial charge on any atom is -0.390 e. The van der Waals surface area contributed by atoms with Crippen molar-refractivity contribution in [3.05, 3.63) is 55.6 Å². The van der Waals surface area contributed by atoms with Crippen molar-refractivity contribution in [3.63, 3.8) is 0 Å². The molecule has 1 aliphatic rings. The van der Waals surface area contributed by atoms with Gasteiger partial charge in [0.2, 0.25) is 0 Å². The second-order valence-electron chi connectivity index (χ2n) is 7.71. The largest absolute Gasteiger partial charge is 0.390 e. The molecule has 160 valence electrons. The molecule has 1 saturated heterocycles. The van der Waals surface area contributed by atoms with Crippen LogP contribution in [0.4, 0.5) is 5.82 Å². The van der Waals surface area contributed by atoms with Crippen LogP contribution in [0.3, 0.4) is 0 Å². The monoisotopic (exact) mass is 429 g/mol. The third-order valence-electron chi connectivity index (χ3n) is 6.06. The Hall–Kier alpha value is -2.31. The van der Waals surface area contributed by atoms with Gasteiger partial charge in [0.25, 0.3) is 0 Å². The van der Waals surface area contributed by atoms with E-state index in [4.69, 9.17) is 14.7 Å². The number of hydrogen-bond acceptors (Lipinski definition) is 7. The minimum absolute atomic E-state index is 0.0633. The fourth-order valence-corrected chi connectivity index (χ4v) is 3.86. The molecule has 0 radical (unpaired) electrons. The highest BCUT2D eigenvalue weighted by Crippen LogP contribution is 2.29. The smallest absolute Gasteiger partial charge is 0.351 e. The van der Waals surface area contributed by atoms with Crippen LogP contribution in [0.5, 0.6) is 0 Å². The lowest BCUT2D eigenvalue weighted by Gasteiger charge is -2.16. The third-order valence-corrected chi connectivity index (χ3v) is 6.21. The molecular formula is C22H27N3O4S. The highest BCUT2D eigenvalue weighted by molar-refractivity contribution is 7.75. The van der Waals surface area contributed by atoms with Crippen LogP contribution in [-0.4, -0.2) is 33.5 Å². The van der Waals surface area contributed by atoms with Crippen LogP contribution in [-0.2, 0) is 8.92 Å². The van der Waals surface area contributed by atoms with Gasteiger partial charge in [-0.05, 0) is 75.3 Å². The molecule has 3 N–H and O–H groups in total. The van der Waals surface area contributed by atoms with E-state index in [0.717, 1.165) is 16.7 Å². The van der Waals surface area contributed by atoms with Gasteiger partial charge in [0, 0.05) is 18.2 Å². The Kier molecular flexibility index (Phi) is 6.58. The molecule has 2 aromatic rings. The SMILES string of the molecule is Cc1c(C)c(C)c(C#Cc2cn(C3C[C@@H](O)C(COS)O3)c(=O)nc2N)c(C)c1C. The summed E-state index contributed by atoms with van der Waals surface area (Å²) in [7, 11) is 0. The van der Waals surface area contributed by atoms with Gasteiger partial charge in [0.15, 0.2) is 0 Å². The first-order chi connectivity index (χ1) is 14.1. The molecule has 1 aromatic heterocycles. The number of rotatable bonds is 3. The highest BCUT2D eigenvalue weighted by Gasteiger charge is 2.35. The van der Waals surface area contributed by atoms with Gasteiger partial charge in [-0.3, -0.25) is 4.57 Å². The zero-order chi connectivity index (χ0) is 22.2. The Balaban J connectivity index is 2.01. The van der Waals surface area contributed by atoms with Gasteiger partial charge in [-0.15, -0.1) is 0 Å². The van der Waals surface area contributed by atoms with Gasteiger partial charge in [-0.1, -0.05) is 11.8 Å². The Morgan fingerprint density at radius 2 is 1.80 bits per heavy atom. The maximum absolute atomic E-state index is 12.4. The molecule has 3 atom stereocenters. The quantitative estimate of drug-likeness (QED) is 0.393. The topological polar surface area (TPSA) is 99.6 Å². The average Bonchev–Trinajstić information content (AvgIpc) is 3.06. The maximum Gasteiger partial charge on any atom is 0.351 e. The lowest BCUT2D eigenvalue weighted by atomic mass is 9.90. The molecule has 0 aliphatic carbocycles. The first kappa shape index (κ1) is 22.4. The molecular weight excluding hydrogens is 402 g/mol. The summed E-state index contributed by atoms with van der Waals surface area (Å²) in [5, 5.41) is 10.1. The number of aromatic nitrogens is 2. The summed E-state index contributed by atoms with van der Waals surface area (Å²) in [4.78, 5) is 16.3. The Morgan fingerprint density at radius 1 is 1.20 bits per heavy atom. The molecule has 1 fully saturated rings. The molecule has 2 heterocycles. The van der Waals surface area contributed by atoms with Crippen LogP contribution in [0.25, 0.3) is 0 Å². The van der Waals surface area contributed by atoms with E-state index < -0.39 is 24.1 Å². The van der Waals surface area contributed by atoms with E-state index in [0.29, 0.717) is 5.56 Å². The van der Waals surface area contributed by atoms with Crippen LogP contribution in [0.1, 0.15) is 51.6 Å². The molecule has 0 saturated carbocycles. The Labute approximate surface area is 181 Å². The second-order valence-corrected chi connectivity index (χ2v) is 7.97.